The van der Waals surface area contributed by atoms with Crippen molar-refractivity contribution in [1.82, 2.24) is 0 Å². The van der Waals surface area contributed by atoms with Crippen LogP contribution in [-0.2, 0) is 0 Å². The highest BCUT2D eigenvalue weighted by Crippen LogP contribution is 2.56. The van der Waals surface area contributed by atoms with Crippen molar-refractivity contribution < 1.29 is 0 Å². The Morgan fingerprint density at radius 3 is 1.09 bits per heavy atom. The van der Waals surface area contributed by atoms with E-state index in [2.05, 4.69) is 20.8 Å². The number of hydrogen-bond acceptors (Lipinski definition) is 0. The minimum atomic E-state index is -2.60. The van der Waals surface area contributed by atoms with Gasteiger partial charge in [0, 0.05) is 5.04 Å². The summed E-state index contributed by atoms with van der Waals surface area (Å²) in [4.78, 5) is 0. The fourth-order valence-electron chi connectivity index (χ4n) is 0.425. The van der Waals surface area contributed by atoms with Gasteiger partial charge in [0.15, 0.2) is 0 Å². The topological polar surface area (TPSA) is 0 Å². The van der Waals surface area contributed by atoms with Gasteiger partial charge in [0.25, 0.3) is 0 Å². The summed E-state index contributed by atoms with van der Waals surface area (Å²) in [6, 6.07) is -2.60. The number of halogens is 3. The molecule has 0 fully saturated rings. The van der Waals surface area contributed by atoms with Crippen LogP contribution < -0.4 is 0 Å². The Morgan fingerprint density at radius 1 is 0.818 bits per heavy atom. The zero-order chi connectivity index (χ0) is 9.50. The SMILES string of the molecule is CC(C)(C)C(C)(C)[Si](Cl)(Cl)Cl. The van der Waals surface area contributed by atoms with Gasteiger partial charge in [0.05, 0.1) is 0 Å². The second kappa shape index (κ2) is 3.10. The van der Waals surface area contributed by atoms with Crippen LogP contribution in [-0.4, -0.2) is 6.00 Å². The van der Waals surface area contributed by atoms with E-state index in [1.54, 1.807) is 0 Å². The first kappa shape index (κ1) is 12.1. The molecule has 0 unspecified atom stereocenters. The maximum Gasteiger partial charge on any atom is 0.347 e. The summed E-state index contributed by atoms with van der Waals surface area (Å²) < 4.78 is 0. The van der Waals surface area contributed by atoms with Crippen molar-refractivity contribution in [1.29, 1.82) is 0 Å². The summed E-state index contributed by atoms with van der Waals surface area (Å²) in [7, 11) is 0. The fourth-order valence-corrected chi connectivity index (χ4v) is 3.83. The van der Waals surface area contributed by atoms with Crippen molar-refractivity contribution in [2.75, 3.05) is 0 Å². The molecule has 4 heteroatoms. The second-order valence-corrected chi connectivity index (χ2v) is 13.5. The molecule has 0 aliphatic carbocycles. The highest BCUT2D eigenvalue weighted by atomic mass is 35.8. The van der Waals surface area contributed by atoms with Crippen molar-refractivity contribution in [3.63, 3.8) is 0 Å². The first-order valence-electron chi connectivity index (χ1n) is 3.57. The molecule has 0 saturated heterocycles. The monoisotopic (exact) mass is 232 g/mol. The Hall–Kier alpha value is 1.09. The predicted octanol–water partition coefficient (Wildman–Crippen LogP) is 4.47. The van der Waals surface area contributed by atoms with Crippen molar-refractivity contribution in [3.05, 3.63) is 0 Å². The van der Waals surface area contributed by atoms with E-state index in [1.807, 2.05) is 13.8 Å². The third kappa shape index (κ3) is 2.51. The average molecular weight is 234 g/mol. The fraction of sp³-hybridized carbons (Fsp3) is 1.00. The molecule has 0 nitrogen and oxygen atoms in total. The van der Waals surface area contributed by atoms with Gasteiger partial charge in [0.1, 0.15) is 0 Å². The molecule has 0 spiro atoms. The standard InChI is InChI=1S/C7H15Cl3Si/c1-6(2,3)7(4,5)11(8,9)10/h1-5H3. The molecule has 68 valence electrons. The molecular weight excluding hydrogens is 219 g/mol. The van der Waals surface area contributed by atoms with Crippen molar-refractivity contribution >= 4 is 39.2 Å². The van der Waals surface area contributed by atoms with Gasteiger partial charge in [-0.1, -0.05) is 34.6 Å². The summed E-state index contributed by atoms with van der Waals surface area (Å²) in [5, 5.41) is -0.190. The highest BCUT2D eigenvalue weighted by Gasteiger charge is 2.51. The lowest BCUT2D eigenvalue weighted by Gasteiger charge is -2.42. The summed E-state index contributed by atoms with van der Waals surface area (Å²) >= 11 is 17.9. The Morgan fingerprint density at radius 2 is 1.09 bits per heavy atom. The van der Waals surface area contributed by atoms with Crippen LogP contribution in [0.1, 0.15) is 34.6 Å². The molecule has 0 radical (unpaired) electrons. The van der Waals surface area contributed by atoms with Crippen LogP contribution >= 0.6 is 33.2 Å². The Bertz CT molecular complexity index is 125. The van der Waals surface area contributed by atoms with Crippen LogP contribution in [0.4, 0.5) is 0 Å². The van der Waals surface area contributed by atoms with Crippen LogP contribution in [0.2, 0.25) is 5.04 Å². The molecule has 0 aliphatic rings. The lowest BCUT2D eigenvalue weighted by molar-refractivity contribution is 0.298. The highest BCUT2D eigenvalue weighted by molar-refractivity contribution is 7.65. The molecule has 0 aromatic carbocycles. The van der Waals surface area contributed by atoms with Gasteiger partial charge in [-0.05, 0) is 5.41 Å². The molecule has 0 N–H and O–H groups in total. The van der Waals surface area contributed by atoms with Crippen molar-refractivity contribution in [2.24, 2.45) is 5.41 Å². The molecule has 0 rings (SSSR count). The zero-order valence-corrected chi connectivity index (χ0v) is 10.9. The van der Waals surface area contributed by atoms with Gasteiger partial charge < -0.3 is 0 Å². The predicted molar refractivity (Wildman–Crippen MR) is 56.8 cm³/mol. The van der Waals surface area contributed by atoms with E-state index < -0.39 is 6.00 Å². The first-order valence-corrected chi connectivity index (χ1v) is 8.60. The quantitative estimate of drug-likeness (QED) is 0.463. The van der Waals surface area contributed by atoms with Crippen LogP contribution in [0.3, 0.4) is 0 Å². The normalized spacial score (nSPS) is 15.3. The average Bonchev–Trinajstić information content (AvgIpc) is 1.58. The number of rotatable bonds is 1. The zero-order valence-electron chi connectivity index (χ0n) is 7.63. The number of hydrogen-bond donors (Lipinski definition) is 0. The molecule has 11 heavy (non-hydrogen) atoms. The molecule has 0 aliphatic heterocycles. The third-order valence-corrected chi connectivity index (χ3v) is 9.00. The molecule has 0 heterocycles. The Balaban J connectivity index is 4.75. The van der Waals surface area contributed by atoms with Crippen LogP contribution in [0.5, 0.6) is 0 Å². The van der Waals surface area contributed by atoms with E-state index in [9.17, 15) is 0 Å². The van der Waals surface area contributed by atoms with E-state index in [0.717, 1.165) is 0 Å². The van der Waals surface area contributed by atoms with E-state index in [-0.39, 0.29) is 10.5 Å². The van der Waals surface area contributed by atoms with Crippen LogP contribution in [0.15, 0.2) is 0 Å². The van der Waals surface area contributed by atoms with Gasteiger partial charge in [-0.25, -0.2) is 0 Å². The van der Waals surface area contributed by atoms with Crippen LogP contribution in [0, 0.1) is 5.41 Å². The molecule has 0 aromatic heterocycles. The smallest absolute Gasteiger partial charge is 0.125 e. The van der Waals surface area contributed by atoms with Gasteiger partial charge in [-0.2, -0.15) is 0 Å². The van der Waals surface area contributed by atoms with Gasteiger partial charge in [-0.15, -0.1) is 33.2 Å². The second-order valence-electron chi connectivity index (χ2n) is 4.37. The largest absolute Gasteiger partial charge is 0.347 e. The lowest BCUT2D eigenvalue weighted by atomic mass is 9.82. The molecule has 0 aromatic rings. The van der Waals surface area contributed by atoms with Crippen molar-refractivity contribution in [3.8, 4) is 0 Å². The van der Waals surface area contributed by atoms with E-state index in [1.165, 1.54) is 0 Å². The van der Waals surface area contributed by atoms with E-state index in [0.29, 0.717) is 0 Å². The minimum Gasteiger partial charge on any atom is -0.125 e. The molecule has 0 atom stereocenters. The molecule has 0 saturated carbocycles. The Kier molecular flexibility index (Phi) is 3.40. The lowest BCUT2D eigenvalue weighted by Crippen LogP contribution is -2.38. The van der Waals surface area contributed by atoms with E-state index in [4.69, 9.17) is 33.2 Å². The first-order chi connectivity index (χ1) is 4.50. The maximum atomic E-state index is 5.98. The third-order valence-electron chi connectivity index (χ3n) is 2.58. The Labute approximate surface area is 84.3 Å². The maximum absolute atomic E-state index is 5.98. The van der Waals surface area contributed by atoms with Crippen molar-refractivity contribution in [2.45, 2.75) is 39.7 Å². The van der Waals surface area contributed by atoms with E-state index >= 15 is 0 Å². The minimum absolute atomic E-state index is 0.0461. The molecule has 0 bridgehead atoms. The molecular formula is C7H15Cl3Si. The molecule has 0 amide bonds. The summed E-state index contributed by atoms with van der Waals surface area (Å²) in [6.07, 6.45) is 0. The van der Waals surface area contributed by atoms with Gasteiger partial charge >= 0.3 is 6.00 Å². The summed E-state index contributed by atoms with van der Waals surface area (Å²) in [6.45, 7) is 10.3. The van der Waals surface area contributed by atoms with Gasteiger partial charge in [0.2, 0.25) is 0 Å². The summed E-state index contributed by atoms with van der Waals surface area (Å²) in [5.41, 5.74) is 0.0461. The van der Waals surface area contributed by atoms with Crippen LogP contribution in [0.25, 0.3) is 0 Å². The van der Waals surface area contributed by atoms with Gasteiger partial charge in [-0.3, -0.25) is 0 Å². The summed E-state index contributed by atoms with van der Waals surface area (Å²) in [5.74, 6) is 0.